The summed E-state index contributed by atoms with van der Waals surface area (Å²) in [6.07, 6.45) is 0.357. The third-order valence-electron chi connectivity index (χ3n) is 4.41. The van der Waals surface area contributed by atoms with Crippen LogP contribution in [0.5, 0.6) is 0 Å². The third-order valence-corrected chi connectivity index (χ3v) is 6.92. The fraction of sp³-hybridized carbons (Fsp3) is 0.0952. The van der Waals surface area contributed by atoms with E-state index in [-0.39, 0.29) is 17.2 Å². The van der Waals surface area contributed by atoms with E-state index in [9.17, 15) is 14.7 Å². The molecule has 0 aliphatic carbocycles. The van der Waals surface area contributed by atoms with Crippen LogP contribution < -0.4 is 10.6 Å². The number of nitrogens with one attached hydrogen (secondary N) is 2. The highest BCUT2D eigenvalue weighted by molar-refractivity contribution is 7.19. The molecule has 10 heteroatoms. The summed E-state index contributed by atoms with van der Waals surface area (Å²) in [5.41, 5.74) is 0.904. The number of hydrogen-bond donors (Lipinski definition) is 3. The molecular formula is C21H16ClN3O4S2. The first-order valence-electron chi connectivity index (χ1n) is 9.02. The van der Waals surface area contributed by atoms with Crippen LogP contribution in [-0.4, -0.2) is 29.1 Å². The minimum Gasteiger partial charge on any atom is -0.465 e. The molecule has 0 fully saturated rings. The molecule has 0 radical (unpaired) electrons. The Morgan fingerprint density at radius 2 is 2.03 bits per heavy atom. The topological polar surface area (TPSA) is 101 Å². The maximum atomic E-state index is 12.3. The second-order valence-electron chi connectivity index (χ2n) is 6.37. The standard InChI is InChI=1S/C21H16ClN3O4S2/c1-29-21(28)12-7-6-11(24-19(27)20-23-8-9-30-20)10-14(12)25-18(26)17-16(22)13-4-2-3-5-15(13)31-17/h2-10,18,25-26H,1H3,(H,24,27). The van der Waals surface area contributed by atoms with E-state index in [0.29, 0.717) is 20.6 Å². The van der Waals surface area contributed by atoms with E-state index in [2.05, 4.69) is 15.6 Å². The lowest BCUT2D eigenvalue weighted by Crippen LogP contribution is -2.15. The fourth-order valence-electron chi connectivity index (χ4n) is 2.97. The number of esters is 1. The first kappa shape index (κ1) is 21.3. The molecule has 1 atom stereocenters. The normalized spacial score (nSPS) is 11.8. The second kappa shape index (κ2) is 9.03. The van der Waals surface area contributed by atoms with Crippen molar-refractivity contribution < 1.29 is 19.4 Å². The average Bonchev–Trinajstić information content (AvgIpc) is 3.42. The van der Waals surface area contributed by atoms with Gasteiger partial charge in [0.05, 0.1) is 28.3 Å². The monoisotopic (exact) mass is 473 g/mol. The number of fused-ring (bicyclic) bond motifs is 1. The van der Waals surface area contributed by atoms with E-state index >= 15 is 0 Å². The number of ether oxygens (including phenoxy) is 1. The number of carbonyl (C=O) groups is 2. The summed E-state index contributed by atoms with van der Waals surface area (Å²) in [5.74, 6) is -0.963. The largest absolute Gasteiger partial charge is 0.465 e. The first-order chi connectivity index (χ1) is 15.0. The Labute approximate surface area is 190 Å². The Bertz CT molecular complexity index is 1260. The molecule has 1 unspecified atom stereocenters. The van der Waals surface area contributed by atoms with E-state index in [1.807, 2.05) is 24.3 Å². The van der Waals surface area contributed by atoms with Crippen molar-refractivity contribution in [3.05, 3.63) is 74.5 Å². The van der Waals surface area contributed by atoms with Gasteiger partial charge in [0.2, 0.25) is 0 Å². The van der Waals surface area contributed by atoms with Gasteiger partial charge in [-0.2, -0.15) is 0 Å². The highest BCUT2D eigenvalue weighted by Crippen LogP contribution is 2.39. The number of nitrogens with zero attached hydrogens (tertiary/aromatic N) is 1. The summed E-state index contributed by atoms with van der Waals surface area (Å²) in [5, 5.41) is 19.7. The maximum Gasteiger partial charge on any atom is 0.339 e. The van der Waals surface area contributed by atoms with Gasteiger partial charge in [0.15, 0.2) is 11.2 Å². The number of hydrogen-bond acceptors (Lipinski definition) is 8. The summed E-state index contributed by atoms with van der Waals surface area (Å²) in [6, 6.07) is 12.2. The van der Waals surface area contributed by atoms with Gasteiger partial charge in [0.1, 0.15) is 0 Å². The molecule has 0 spiro atoms. The number of carbonyl (C=O) groups excluding carboxylic acids is 2. The molecule has 0 aliphatic heterocycles. The molecule has 0 saturated carbocycles. The summed E-state index contributed by atoms with van der Waals surface area (Å²) < 4.78 is 5.77. The number of halogens is 1. The SMILES string of the molecule is COC(=O)c1ccc(NC(=O)c2nccs2)cc1NC(O)c1sc2ccccc2c1Cl. The summed E-state index contributed by atoms with van der Waals surface area (Å²) in [6.45, 7) is 0. The van der Waals surface area contributed by atoms with Gasteiger partial charge in [-0.3, -0.25) is 4.79 Å². The van der Waals surface area contributed by atoms with Gasteiger partial charge in [-0.15, -0.1) is 22.7 Å². The molecule has 2 aromatic heterocycles. The van der Waals surface area contributed by atoms with Crippen molar-refractivity contribution in [2.24, 2.45) is 0 Å². The first-order valence-corrected chi connectivity index (χ1v) is 11.1. The Balaban J connectivity index is 1.65. The van der Waals surface area contributed by atoms with Gasteiger partial charge < -0.3 is 20.5 Å². The quantitative estimate of drug-likeness (QED) is 0.264. The van der Waals surface area contributed by atoms with Crippen LogP contribution in [0.15, 0.2) is 54.0 Å². The van der Waals surface area contributed by atoms with Gasteiger partial charge in [-0.25, -0.2) is 9.78 Å². The number of aromatic nitrogens is 1. The van der Waals surface area contributed by atoms with E-state index in [0.717, 1.165) is 10.1 Å². The van der Waals surface area contributed by atoms with Crippen LogP contribution in [-0.2, 0) is 4.74 Å². The van der Waals surface area contributed by atoms with Crippen LogP contribution in [0.4, 0.5) is 11.4 Å². The smallest absolute Gasteiger partial charge is 0.339 e. The van der Waals surface area contributed by atoms with Crippen molar-refractivity contribution in [1.29, 1.82) is 0 Å². The van der Waals surface area contributed by atoms with Gasteiger partial charge in [0.25, 0.3) is 5.91 Å². The summed E-state index contributed by atoms with van der Waals surface area (Å²) in [4.78, 5) is 29.0. The lowest BCUT2D eigenvalue weighted by molar-refractivity contribution is 0.0601. The predicted octanol–water partition coefficient (Wildman–Crippen LogP) is 5.15. The second-order valence-corrected chi connectivity index (χ2v) is 8.72. The minimum atomic E-state index is -1.18. The average molecular weight is 474 g/mol. The van der Waals surface area contributed by atoms with Crippen LogP contribution in [0.2, 0.25) is 5.02 Å². The van der Waals surface area contributed by atoms with Crippen molar-refractivity contribution in [3.8, 4) is 0 Å². The Morgan fingerprint density at radius 1 is 1.23 bits per heavy atom. The molecule has 0 bridgehead atoms. The lowest BCUT2D eigenvalue weighted by Gasteiger charge is -2.17. The maximum absolute atomic E-state index is 12.3. The number of anilines is 2. The van der Waals surface area contributed by atoms with Crippen LogP contribution in [0.1, 0.15) is 31.3 Å². The number of aliphatic hydroxyl groups is 1. The lowest BCUT2D eigenvalue weighted by atomic mass is 10.1. The number of thiazole rings is 1. The van der Waals surface area contributed by atoms with Crippen LogP contribution in [0, 0.1) is 0 Å². The predicted molar refractivity (Wildman–Crippen MR) is 123 cm³/mol. The Hall–Kier alpha value is -2.98. The number of aliphatic hydroxyl groups excluding tert-OH is 1. The van der Waals surface area contributed by atoms with Crippen molar-refractivity contribution in [2.45, 2.75) is 6.23 Å². The highest BCUT2D eigenvalue weighted by Gasteiger charge is 2.21. The van der Waals surface area contributed by atoms with Crippen molar-refractivity contribution in [1.82, 2.24) is 4.98 Å². The van der Waals surface area contributed by atoms with Gasteiger partial charge in [-0.1, -0.05) is 29.8 Å². The zero-order valence-corrected chi connectivity index (χ0v) is 18.5. The number of benzene rings is 2. The van der Waals surface area contributed by atoms with E-state index < -0.39 is 12.2 Å². The fourth-order valence-corrected chi connectivity index (χ4v) is 4.98. The van der Waals surface area contributed by atoms with Crippen molar-refractivity contribution in [2.75, 3.05) is 17.7 Å². The molecule has 3 N–H and O–H groups in total. The zero-order valence-electron chi connectivity index (χ0n) is 16.1. The molecular weight excluding hydrogens is 458 g/mol. The summed E-state index contributed by atoms with van der Waals surface area (Å²) in [7, 11) is 1.27. The molecule has 31 heavy (non-hydrogen) atoms. The van der Waals surface area contributed by atoms with Gasteiger partial charge >= 0.3 is 5.97 Å². The van der Waals surface area contributed by atoms with Crippen LogP contribution in [0.25, 0.3) is 10.1 Å². The molecule has 158 valence electrons. The van der Waals surface area contributed by atoms with Crippen molar-refractivity contribution >= 4 is 67.6 Å². The molecule has 1 amide bonds. The van der Waals surface area contributed by atoms with Crippen LogP contribution >= 0.6 is 34.3 Å². The van der Waals surface area contributed by atoms with Gasteiger partial charge in [-0.05, 0) is 24.3 Å². The number of amides is 1. The molecule has 4 rings (SSSR count). The number of methoxy groups -OCH3 is 1. The molecule has 0 saturated heterocycles. The molecule has 4 aromatic rings. The van der Waals surface area contributed by atoms with Gasteiger partial charge in [0, 0.05) is 27.4 Å². The molecule has 7 nitrogen and oxygen atoms in total. The number of rotatable bonds is 6. The van der Waals surface area contributed by atoms with E-state index in [4.69, 9.17) is 16.3 Å². The molecule has 2 heterocycles. The van der Waals surface area contributed by atoms with Crippen molar-refractivity contribution in [3.63, 3.8) is 0 Å². The minimum absolute atomic E-state index is 0.200. The molecule has 2 aromatic carbocycles. The van der Waals surface area contributed by atoms with Crippen LogP contribution in [0.3, 0.4) is 0 Å². The highest BCUT2D eigenvalue weighted by atomic mass is 35.5. The zero-order chi connectivity index (χ0) is 22.0. The Morgan fingerprint density at radius 3 is 2.74 bits per heavy atom. The van der Waals surface area contributed by atoms with E-state index in [1.54, 1.807) is 17.5 Å². The number of thiophene rings is 1. The third kappa shape index (κ3) is 4.40. The summed E-state index contributed by atoms with van der Waals surface area (Å²) >= 11 is 9.02. The van der Waals surface area contributed by atoms with E-state index in [1.165, 1.54) is 42.0 Å². The molecule has 0 aliphatic rings. The Kier molecular flexibility index (Phi) is 6.19.